The van der Waals surface area contributed by atoms with Crippen LogP contribution < -0.4 is 10.2 Å². The van der Waals surface area contributed by atoms with Crippen molar-refractivity contribution in [2.75, 3.05) is 36.5 Å². The Morgan fingerprint density at radius 3 is 2.47 bits per heavy atom. The zero-order valence-electron chi connectivity index (χ0n) is 17.5. The van der Waals surface area contributed by atoms with Gasteiger partial charge < -0.3 is 19.7 Å². The fourth-order valence-corrected chi connectivity index (χ4v) is 3.41. The summed E-state index contributed by atoms with van der Waals surface area (Å²) in [5, 5.41) is 2.71. The molecule has 3 amide bonds. The molecular formula is C21H27N3O6. The van der Waals surface area contributed by atoms with Gasteiger partial charge in [-0.1, -0.05) is 12.1 Å². The molecule has 0 spiro atoms. The number of nitrogens with zero attached hydrogens (tertiary/aromatic N) is 2. The summed E-state index contributed by atoms with van der Waals surface area (Å²) in [7, 11) is 0. The quantitative estimate of drug-likeness (QED) is 0.756. The van der Waals surface area contributed by atoms with Gasteiger partial charge in [-0.3, -0.25) is 19.3 Å². The van der Waals surface area contributed by atoms with Crippen LogP contribution in [0.5, 0.6) is 0 Å². The molecule has 0 bridgehead atoms. The van der Waals surface area contributed by atoms with Crippen molar-refractivity contribution in [2.45, 2.75) is 39.2 Å². The number of piperidine rings is 1. The highest BCUT2D eigenvalue weighted by atomic mass is 16.6. The zero-order chi connectivity index (χ0) is 21.9. The molecule has 1 saturated heterocycles. The van der Waals surface area contributed by atoms with Crippen LogP contribution in [0.25, 0.3) is 0 Å². The van der Waals surface area contributed by atoms with Gasteiger partial charge in [-0.25, -0.2) is 4.79 Å². The number of nitrogens with one attached hydrogen (secondary N) is 1. The maximum absolute atomic E-state index is 12.6. The topological polar surface area (TPSA) is 105 Å². The first-order valence-corrected chi connectivity index (χ1v) is 9.98. The van der Waals surface area contributed by atoms with Crippen molar-refractivity contribution in [3.8, 4) is 0 Å². The summed E-state index contributed by atoms with van der Waals surface area (Å²) >= 11 is 0. The lowest BCUT2D eigenvalue weighted by Gasteiger charge is -2.32. The molecule has 0 aromatic heterocycles. The number of fused-ring (bicyclic) bond motifs is 1. The van der Waals surface area contributed by atoms with Crippen LogP contribution in [0.1, 0.15) is 33.6 Å². The second-order valence-electron chi connectivity index (χ2n) is 8.39. The number of carbonyl (C=O) groups excluding carboxylic acids is 4. The molecular weight excluding hydrogens is 390 g/mol. The lowest BCUT2D eigenvalue weighted by molar-refractivity contribution is -0.153. The summed E-state index contributed by atoms with van der Waals surface area (Å²) in [5.74, 6) is -1.62. The Hall–Kier alpha value is -3.10. The Morgan fingerprint density at radius 2 is 1.80 bits per heavy atom. The van der Waals surface area contributed by atoms with Gasteiger partial charge >= 0.3 is 12.1 Å². The number of amides is 3. The van der Waals surface area contributed by atoms with Crippen LogP contribution in [0.15, 0.2) is 24.3 Å². The van der Waals surface area contributed by atoms with Crippen LogP contribution in [-0.4, -0.2) is 60.6 Å². The van der Waals surface area contributed by atoms with Crippen LogP contribution >= 0.6 is 0 Å². The molecule has 1 N–H and O–H groups in total. The summed E-state index contributed by atoms with van der Waals surface area (Å²) in [4.78, 5) is 51.8. The molecule has 0 atom stereocenters. The first kappa shape index (κ1) is 21.6. The van der Waals surface area contributed by atoms with Crippen molar-refractivity contribution in [1.29, 1.82) is 0 Å². The van der Waals surface area contributed by atoms with E-state index in [0.29, 0.717) is 37.3 Å². The van der Waals surface area contributed by atoms with Crippen molar-refractivity contribution >= 4 is 35.3 Å². The fourth-order valence-electron chi connectivity index (χ4n) is 3.41. The molecule has 0 saturated carbocycles. The number of likely N-dealkylation sites (tertiary alicyclic amines) is 1. The first-order chi connectivity index (χ1) is 14.1. The summed E-state index contributed by atoms with van der Waals surface area (Å²) < 4.78 is 10.6. The molecule has 30 heavy (non-hydrogen) atoms. The number of carbonyl (C=O) groups is 4. The van der Waals surface area contributed by atoms with E-state index in [1.807, 2.05) is 0 Å². The zero-order valence-corrected chi connectivity index (χ0v) is 17.5. The number of para-hydroxylation sites is 2. The van der Waals surface area contributed by atoms with E-state index in [4.69, 9.17) is 9.47 Å². The molecule has 1 aromatic rings. The van der Waals surface area contributed by atoms with Crippen LogP contribution in [0.4, 0.5) is 16.2 Å². The number of benzene rings is 1. The molecule has 0 unspecified atom stereocenters. The van der Waals surface area contributed by atoms with Crippen molar-refractivity contribution in [2.24, 2.45) is 5.92 Å². The number of rotatable bonds is 3. The molecule has 162 valence electrons. The van der Waals surface area contributed by atoms with Crippen molar-refractivity contribution in [3.63, 3.8) is 0 Å². The van der Waals surface area contributed by atoms with Gasteiger partial charge in [0, 0.05) is 13.1 Å². The first-order valence-electron chi connectivity index (χ1n) is 9.98. The van der Waals surface area contributed by atoms with Gasteiger partial charge in [-0.05, 0) is 45.7 Å². The molecule has 0 radical (unpaired) electrons. The maximum atomic E-state index is 12.6. The minimum absolute atomic E-state index is 0.123. The number of hydrogen-bond donors (Lipinski definition) is 1. The molecule has 2 aliphatic rings. The van der Waals surface area contributed by atoms with Crippen molar-refractivity contribution < 1.29 is 28.7 Å². The lowest BCUT2D eigenvalue weighted by atomic mass is 9.97. The number of esters is 1. The number of anilines is 2. The molecule has 1 fully saturated rings. The van der Waals surface area contributed by atoms with Gasteiger partial charge in [0.2, 0.25) is 5.91 Å². The largest absolute Gasteiger partial charge is 0.455 e. The van der Waals surface area contributed by atoms with Crippen LogP contribution in [0, 0.1) is 5.92 Å². The normalized spacial score (nSPS) is 17.1. The summed E-state index contributed by atoms with van der Waals surface area (Å²) in [6.45, 7) is 5.63. The number of ether oxygens (including phenoxy) is 2. The third-order valence-electron chi connectivity index (χ3n) is 4.89. The highest BCUT2D eigenvalue weighted by Crippen LogP contribution is 2.29. The highest BCUT2D eigenvalue weighted by Gasteiger charge is 2.32. The Kier molecular flexibility index (Phi) is 6.28. The molecule has 9 nitrogen and oxygen atoms in total. The van der Waals surface area contributed by atoms with Crippen molar-refractivity contribution in [3.05, 3.63) is 24.3 Å². The standard InChI is InChI=1S/C21H27N3O6/c1-21(2,3)30-20(28)23-10-8-14(9-11-23)19(27)29-13-18(26)24-12-17(25)22-15-6-4-5-7-16(15)24/h4-7,14H,8-13H2,1-3H3,(H,22,25). The molecule has 9 heteroatoms. The Bertz CT molecular complexity index is 839. The summed E-state index contributed by atoms with van der Waals surface area (Å²) in [5.41, 5.74) is 0.545. The van der Waals surface area contributed by atoms with Crippen LogP contribution in [0.2, 0.25) is 0 Å². The molecule has 2 heterocycles. The van der Waals surface area contributed by atoms with Crippen LogP contribution in [0.3, 0.4) is 0 Å². The lowest BCUT2D eigenvalue weighted by Crippen LogP contribution is -2.45. The fraction of sp³-hybridized carbons (Fsp3) is 0.524. The third-order valence-corrected chi connectivity index (χ3v) is 4.89. The summed E-state index contributed by atoms with van der Waals surface area (Å²) in [6, 6.07) is 6.95. The predicted octanol–water partition coefficient (Wildman–Crippen LogP) is 2.16. The third kappa shape index (κ3) is 5.28. The van der Waals surface area contributed by atoms with Gasteiger partial charge in [0.1, 0.15) is 12.1 Å². The Balaban J connectivity index is 1.49. The van der Waals surface area contributed by atoms with E-state index in [1.165, 1.54) is 4.90 Å². The minimum atomic E-state index is -0.572. The van der Waals surface area contributed by atoms with E-state index in [-0.39, 0.29) is 18.4 Å². The second kappa shape index (κ2) is 8.73. The van der Waals surface area contributed by atoms with E-state index in [0.717, 1.165) is 0 Å². The van der Waals surface area contributed by atoms with E-state index >= 15 is 0 Å². The summed E-state index contributed by atoms with van der Waals surface area (Å²) in [6.07, 6.45) is 0.495. The highest BCUT2D eigenvalue weighted by molar-refractivity contribution is 6.10. The molecule has 3 rings (SSSR count). The minimum Gasteiger partial charge on any atom is -0.455 e. The molecule has 0 aliphatic carbocycles. The Labute approximate surface area is 175 Å². The smallest absolute Gasteiger partial charge is 0.410 e. The van der Waals surface area contributed by atoms with Crippen molar-refractivity contribution in [1.82, 2.24) is 4.90 Å². The molecule has 2 aliphatic heterocycles. The average molecular weight is 417 g/mol. The van der Waals surface area contributed by atoms with E-state index < -0.39 is 30.2 Å². The van der Waals surface area contributed by atoms with E-state index in [2.05, 4.69) is 5.32 Å². The second-order valence-corrected chi connectivity index (χ2v) is 8.39. The number of hydrogen-bond acceptors (Lipinski definition) is 6. The maximum Gasteiger partial charge on any atom is 0.410 e. The van der Waals surface area contributed by atoms with Gasteiger partial charge in [0.05, 0.1) is 17.3 Å². The Morgan fingerprint density at radius 1 is 1.13 bits per heavy atom. The van der Waals surface area contributed by atoms with Gasteiger partial charge in [-0.2, -0.15) is 0 Å². The van der Waals surface area contributed by atoms with Gasteiger partial charge in [0.25, 0.3) is 5.91 Å². The average Bonchev–Trinajstić information content (AvgIpc) is 2.70. The monoisotopic (exact) mass is 417 g/mol. The van der Waals surface area contributed by atoms with E-state index in [1.54, 1.807) is 49.9 Å². The predicted molar refractivity (Wildman–Crippen MR) is 109 cm³/mol. The van der Waals surface area contributed by atoms with Crippen LogP contribution in [-0.2, 0) is 23.9 Å². The van der Waals surface area contributed by atoms with Gasteiger partial charge in [-0.15, -0.1) is 0 Å². The molecule has 1 aromatic carbocycles. The SMILES string of the molecule is CC(C)(C)OC(=O)N1CCC(C(=O)OCC(=O)N2CC(=O)Nc3ccccc32)CC1. The van der Waals surface area contributed by atoms with Gasteiger partial charge in [0.15, 0.2) is 6.61 Å². The van der Waals surface area contributed by atoms with E-state index in [9.17, 15) is 19.2 Å².